The van der Waals surface area contributed by atoms with Crippen LogP contribution in [0.15, 0.2) is 70.1 Å². The van der Waals surface area contributed by atoms with Crippen LogP contribution in [0.2, 0.25) is 0 Å². The second kappa shape index (κ2) is 16.3. The van der Waals surface area contributed by atoms with Crippen LogP contribution in [0, 0.1) is 0 Å². The van der Waals surface area contributed by atoms with Crippen molar-refractivity contribution in [3.05, 3.63) is 87.5 Å². The third-order valence-electron chi connectivity index (χ3n) is 8.50. The lowest BCUT2D eigenvalue weighted by Crippen LogP contribution is -2.51. The van der Waals surface area contributed by atoms with Gasteiger partial charge in [0.15, 0.2) is 11.7 Å². The molecule has 52 heavy (non-hydrogen) atoms. The normalized spacial score (nSPS) is 17.0. The number of nitrogens with zero attached hydrogens (tertiary/aromatic N) is 1. The number of aromatic nitrogens is 1. The first kappa shape index (κ1) is 38.5. The summed E-state index contributed by atoms with van der Waals surface area (Å²) in [6.45, 7) is 6.05. The van der Waals surface area contributed by atoms with Crippen LogP contribution in [0.5, 0.6) is 11.5 Å². The second-order valence-corrected chi connectivity index (χ2v) is 14.4. The molecule has 1 aliphatic heterocycles. The van der Waals surface area contributed by atoms with E-state index in [0.717, 1.165) is 5.56 Å². The minimum Gasteiger partial charge on any atom is -0.508 e. The summed E-state index contributed by atoms with van der Waals surface area (Å²) in [6, 6.07) is 14.2. The van der Waals surface area contributed by atoms with E-state index in [4.69, 9.17) is 4.74 Å². The van der Waals surface area contributed by atoms with Crippen LogP contribution >= 0.6 is 15.9 Å². The number of aliphatic hydroxyl groups is 3. The van der Waals surface area contributed by atoms with Crippen molar-refractivity contribution >= 4 is 50.4 Å². The van der Waals surface area contributed by atoms with Gasteiger partial charge >= 0.3 is 5.97 Å². The summed E-state index contributed by atoms with van der Waals surface area (Å²) < 4.78 is 6.22. The number of phenols is 1. The third kappa shape index (κ3) is 9.39. The van der Waals surface area contributed by atoms with E-state index in [1.54, 1.807) is 30.3 Å². The maximum absolute atomic E-state index is 13.5. The molecule has 0 saturated carbocycles. The van der Waals surface area contributed by atoms with Crippen LogP contribution in [0.25, 0.3) is 10.9 Å². The van der Waals surface area contributed by atoms with Crippen molar-refractivity contribution in [3.8, 4) is 11.5 Å². The summed E-state index contributed by atoms with van der Waals surface area (Å²) in [5, 5.41) is 67.7. The van der Waals surface area contributed by atoms with Crippen LogP contribution in [0.4, 0.5) is 5.69 Å². The third-order valence-corrected chi connectivity index (χ3v) is 8.96. The van der Waals surface area contributed by atoms with Gasteiger partial charge < -0.3 is 51.2 Å². The first-order chi connectivity index (χ1) is 24.6. The molecular weight excluding hydrogens is 738 g/mol. The van der Waals surface area contributed by atoms with Gasteiger partial charge in [-0.15, -0.1) is 0 Å². The van der Waals surface area contributed by atoms with Gasteiger partial charge in [-0.3, -0.25) is 25.2 Å². The molecule has 0 radical (unpaired) electrons. The SMILES string of the molecule is COc1c(C(O)N[C@H](C(=O)O)C(NC(=O)CNC(O)c2cc(O)cc(NC3=NCC(O)CN3)c2)c2cc(Br)cc(C(C)(C)C)c2)[nH]c2ccccc12. The number of aliphatic imine (C=N–C) groups is 1. The molecule has 16 heteroatoms. The number of fused-ring (bicyclic) bond motifs is 1. The van der Waals surface area contributed by atoms with E-state index in [2.05, 4.69) is 52.5 Å². The molecule has 1 aromatic heterocycles. The number of rotatable bonds is 13. The smallest absolute Gasteiger partial charge is 0.323 e. The molecule has 0 aliphatic carbocycles. The second-order valence-electron chi connectivity index (χ2n) is 13.5. The van der Waals surface area contributed by atoms with E-state index in [-0.39, 0.29) is 29.0 Å². The highest BCUT2D eigenvalue weighted by atomic mass is 79.9. The van der Waals surface area contributed by atoms with Gasteiger partial charge in [0, 0.05) is 39.2 Å². The molecule has 5 rings (SSSR count). The van der Waals surface area contributed by atoms with Crippen molar-refractivity contribution in [1.82, 2.24) is 26.3 Å². The summed E-state index contributed by atoms with van der Waals surface area (Å²) in [7, 11) is 1.45. The topological polar surface area (TPSA) is 233 Å². The fourth-order valence-corrected chi connectivity index (χ4v) is 6.36. The lowest BCUT2D eigenvalue weighted by atomic mass is 9.84. The van der Waals surface area contributed by atoms with Crippen LogP contribution in [-0.2, 0) is 15.0 Å². The van der Waals surface area contributed by atoms with Crippen molar-refractivity contribution < 1.29 is 39.9 Å². The monoisotopic (exact) mass is 781 g/mol. The number of ether oxygens (including phenoxy) is 1. The Morgan fingerprint density at radius 1 is 1.06 bits per heavy atom. The molecule has 4 unspecified atom stereocenters. The molecule has 2 heterocycles. The van der Waals surface area contributed by atoms with E-state index in [0.29, 0.717) is 44.9 Å². The number of carbonyl (C=O) groups is 2. The van der Waals surface area contributed by atoms with Crippen LogP contribution in [0.1, 0.15) is 61.7 Å². The van der Waals surface area contributed by atoms with Gasteiger partial charge in [0.2, 0.25) is 5.91 Å². The number of aromatic hydroxyl groups is 1. The number of hydrogen-bond acceptors (Lipinski definition) is 12. The first-order valence-electron chi connectivity index (χ1n) is 16.5. The van der Waals surface area contributed by atoms with Crippen LogP contribution in [0.3, 0.4) is 0 Å². The number of amides is 1. The van der Waals surface area contributed by atoms with Crippen LogP contribution in [-0.4, -0.2) is 87.2 Å². The summed E-state index contributed by atoms with van der Waals surface area (Å²) in [6.07, 6.45) is -3.57. The van der Waals surface area contributed by atoms with Crippen molar-refractivity contribution in [2.24, 2.45) is 4.99 Å². The molecule has 0 spiro atoms. The standard InChI is InChI=1S/C36H44BrN7O8/c1-36(2,3)20-9-18(10-21(37)13-20)28(29(34(50)51)44-33(49)30-31(52-4)25-7-5-6-8-26(25)42-30)43-27(47)17-38-32(48)19-11-22(14-23(45)12-19)41-35-39-15-24(46)16-40-35/h5-14,24,28-29,32-33,38,42,44-46,48-49H,15-17H2,1-4H3,(H,43,47)(H,50,51)(H2,39,40,41)/t28?,29-,32?,33?/m0/s1. The Kier molecular flexibility index (Phi) is 12.1. The number of para-hydroxylation sites is 1. The number of methoxy groups -OCH3 is 1. The number of phenolic OH excluding ortho intramolecular Hbond substituents is 1. The number of aromatic amines is 1. The Hall–Kier alpha value is -4.71. The fraction of sp³-hybridized carbons (Fsp3) is 0.361. The summed E-state index contributed by atoms with van der Waals surface area (Å²) in [5.41, 5.74) is 2.48. The van der Waals surface area contributed by atoms with Gasteiger partial charge in [0.05, 0.1) is 32.3 Å². The highest BCUT2D eigenvalue weighted by Gasteiger charge is 2.35. The molecule has 0 fully saturated rings. The number of nitrogens with one attached hydrogen (secondary N) is 6. The molecule has 0 saturated heterocycles. The summed E-state index contributed by atoms with van der Waals surface area (Å²) in [4.78, 5) is 33.8. The minimum absolute atomic E-state index is 0.161. The predicted molar refractivity (Wildman–Crippen MR) is 199 cm³/mol. The van der Waals surface area contributed by atoms with Gasteiger partial charge in [-0.05, 0) is 52.9 Å². The van der Waals surface area contributed by atoms with Crippen molar-refractivity contribution in [1.29, 1.82) is 0 Å². The maximum Gasteiger partial charge on any atom is 0.323 e. The number of benzene rings is 3. The van der Waals surface area contributed by atoms with Crippen LogP contribution < -0.4 is 31.3 Å². The number of guanidine groups is 1. The number of halogens is 1. The fourth-order valence-electron chi connectivity index (χ4n) is 5.85. The average Bonchev–Trinajstić information content (AvgIpc) is 3.47. The van der Waals surface area contributed by atoms with E-state index in [1.807, 2.05) is 39.0 Å². The quantitative estimate of drug-likeness (QED) is 0.0880. The molecule has 1 amide bonds. The zero-order valence-electron chi connectivity index (χ0n) is 29.1. The lowest BCUT2D eigenvalue weighted by Gasteiger charge is -2.30. The van der Waals surface area contributed by atoms with E-state index >= 15 is 0 Å². The average molecular weight is 783 g/mol. The number of aliphatic carboxylic acids is 1. The lowest BCUT2D eigenvalue weighted by molar-refractivity contribution is -0.142. The highest BCUT2D eigenvalue weighted by molar-refractivity contribution is 9.10. The molecule has 278 valence electrons. The zero-order valence-corrected chi connectivity index (χ0v) is 30.7. The van der Waals surface area contributed by atoms with Gasteiger partial charge in [0.25, 0.3) is 0 Å². The number of carboxylic acids is 1. The van der Waals surface area contributed by atoms with E-state index < -0.39 is 49.1 Å². The summed E-state index contributed by atoms with van der Waals surface area (Å²) in [5.74, 6) is -1.46. The molecule has 0 bridgehead atoms. The Labute approximate surface area is 308 Å². The number of aliphatic hydroxyl groups excluding tert-OH is 3. The Balaban J connectivity index is 1.38. The number of hydrogen-bond donors (Lipinski definition) is 11. The largest absolute Gasteiger partial charge is 0.508 e. The molecule has 15 nitrogen and oxygen atoms in total. The molecule has 4 aromatic rings. The minimum atomic E-state index is -1.56. The van der Waals surface area contributed by atoms with Crippen molar-refractivity contribution in [2.75, 3.05) is 32.1 Å². The van der Waals surface area contributed by atoms with Gasteiger partial charge in [-0.1, -0.05) is 54.9 Å². The molecule has 1 aliphatic rings. The number of carboxylic acid groups (broad SMARTS) is 1. The number of carbonyl (C=O) groups excluding carboxylic acids is 1. The molecule has 5 atom stereocenters. The predicted octanol–water partition coefficient (Wildman–Crippen LogP) is 2.85. The molecule has 3 aromatic carbocycles. The van der Waals surface area contributed by atoms with E-state index in [1.165, 1.54) is 19.2 Å². The van der Waals surface area contributed by atoms with Gasteiger partial charge in [0.1, 0.15) is 29.9 Å². The van der Waals surface area contributed by atoms with E-state index in [9.17, 15) is 35.1 Å². The van der Waals surface area contributed by atoms with Crippen molar-refractivity contribution in [3.63, 3.8) is 0 Å². The number of H-pyrrole nitrogens is 1. The zero-order chi connectivity index (χ0) is 37.7. The Morgan fingerprint density at radius 3 is 2.48 bits per heavy atom. The number of β-amino-alcohol motifs (C(OH)–C–C–N with tert-alkyl or cyclic N) is 1. The highest BCUT2D eigenvalue weighted by Crippen LogP contribution is 2.35. The van der Waals surface area contributed by atoms with Crippen molar-refractivity contribution in [2.45, 2.75) is 56.8 Å². The Morgan fingerprint density at radius 2 is 1.81 bits per heavy atom. The first-order valence-corrected chi connectivity index (χ1v) is 17.3. The Bertz CT molecular complexity index is 1950. The summed E-state index contributed by atoms with van der Waals surface area (Å²) >= 11 is 3.53. The van der Waals surface area contributed by atoms with Gasteiger partial charge in [-0.2, -0.15) is 0 Å². The number of anilines is 1. The maximum atomic E-state index is 13.5. The molecular formula is C36H44BrN7O8. The van der Waals surface area contributed by atoms with Gasteiger partial charge in [-0.25, -0.2) is 0 Å². The molecule has 11 N–H and O–H groups in total.